The Morgan fingerprint density at radius 1 is 0.792 bits per heavy atom. The lowest BCUT2D eigenvalue weighted by molar-refractivity contribution is -0.141. The second-order valence-corrected chi connectivity index (χ2v) is 16.7. The van der Waals surface area contributed by atoms with Crippen LogP contribution in [0.2, 0.25) is 0 Å². The number of amides is 5. The molecule has 2 saturated carbocycles. The Labute approximate surface area is 320 Å². The van der Waals surface area contributed by atoms with Crippen LogP contribution in [0, 0.1) is 17.3 Å². The molecular formula is C41H74N6O6. The number of likely N-dealkylation sites (tertiary alicyclic amines) is 1. The Bertz CT molecular complexity index is 1150. The van der Waals surface area contributed by atoms with Crippen LogP contribution < -0.4 is 26.6 Å². The molecule has 0 aromatic heterocycles. The molecule has 0 aromatic rings. The monoisotopic (exact) mass is 747 g/mol. The first-order valence-corrected chi connectivity index (χ1v) is 20.9. The molecule has 3 aliphatic rings. The van der Waals surface area contributed by atoms with Gasteiger partial charge in [0.25, 0.3) is 11.7 Å². The zero-order chi connectivity index (χ0) is 39.4. The van der Waals surface area contributed by atoms with Crippen molar-refractivity contribution in [2.45, 2.75) is 188 Å². The number of hydrogen-bond acceptors (Lipinski definition) is 7. The number of nitrogens with one attached hydrogen (secondary N) is 5. The molecule has 0 aromatic carbocycles. The van der Waals surface area contributed by atoms with E-state index < -0.39 is 23.9 Å². The van der Waals surface area contributed by atoms with Crippen molar-refractivity contribution >= 4 is 35.3 Å². The van der Waals surface area contributed by atoms with Crippen molar-refractivity contribution < 1.29 is 28.8 Å². The summed E-state index contributed by atoms with van der Waals surface area (Å²) in [4.78, 5) is 76.2. The van der Waals surface area contributed by atoms with Gasteiger partial charge >= 0.3 is 6.03 Å². The molecule has 0 spiro atoms. The Kier molecular flexibility index (Phi) is 21.2. The number of unbranched alkanes of at least 4 members (excludes halogenated alkanes) is 2. The third-order valence-electron chi connectivity index (χ3n) is 11.0. The fourth-order valence-electron chi connectivity index (χ4n) is 7.19. The summed E-state index contributed by atoms with van der Waals surface area (Å²) in [6.07, 6.45) is 16.7. The van der Waals surface area contributed by atoms with Gasteiger partial charge in [0.1, 0.15) is 6.17 Å². The molecule has 304 valence electrons. The summed E-state index contributed by atoms with van der Waals surface area (Å²) < 4.78 is 0. The lowest BCUT2D eigenvalue weighted by atomic mass is 9.82. The third-order valence-corrected chi connectivity index (χ3v) is 11.0. The van der Waals surface area contributed by atoms with Crippen molar-refractivity contribution in [2.75, 3.05) is 19.6 Å². The fraction of sp³-hybridized carbons (Fsp3) is 0.854. The molecule has 3 rings (SSSR count). The van der Waals surface area contributed by atoms with Gasteiger partial charge in [0.2, 0.25) is 11.8 Å². The second-order valence-electron chi connectivity index (χ2n) is 16.7. The summed E-state index contributed by atoms with van der Waals surface area (Å²) >= 11 is 0. The maximum absolute atomic E-state index is 12.8. The number of carbonyl (C=O) groups excluding carboxylic acids is 6. The van der Waals surface area contributed by atoms with Crippen LogP contribution in [0.25, 0.3) is 0 Å². The van der Waals surface area contributed by atoms with Gasteiger partial charge in [0.15, 0.2) is 5.78 Å². The van der Waals surface area contributed by atoms with E-state index in [1.54, 1.807) is 6.92 Å². The highest BCUT2D eigenvalue weighted by Crippen LogP contribution is 2.27. The first-order chi connectivity index (χ1) is 25.2. The maximum atomic E-state index is 12.8. The lowest BCUT2D eigenvalue weighted by Crippen LogP contribution is -2.59. The molecule has 1 aliphatic heterocycles. The average Bonchev–Trinajstić information content (AvgIpc) is 3.10. The number of piperidine rings is 1. The van der Waals surface area contributed by atoms with Crippen LogP contribution in [0.4, 0.5) is 4.79 Å². The van der Waals surface area contributed by atoms with Gasteiger partial charge in [0.05, 0.1) is 12.1 Å². The van der Waals surface area contributed by atoms with Crippen LogP contribution in [0.1, 0.15) is 164 Å². The van der Waals surface area contributed by atoms with Crippen LogP contribution >= 0.6 is 0 Å². The van der Waals surface area contributed by atoms with Crippen LogP contribution in [-0.4, -0.2) is 84.1 Å². The predicted molar refractivity (Wildman–Crippen MR) is 210 cm³/mol. The zero-order valence-electron chi connectivity index (χ0n) is 34.2. The van der Waals surface area contributed by atoms with Gasteiger partial charge in [-0.15, -0.1) is 0 Å². The molecule has 3 unspecified atom stereocenters. The van der Waals surface area contributed by atoms with Crippen molar-refractivity contribution in [3.8, 4) is 0 Å². The minimum absolute atomic E-state index is 0.0237. The number of ketones is 2. The summed E-state index contributed by atoms with van der Waals surface area (Å²) in [6, 6.07) is -0.681. The number of carbonyl (C=O) groups is 6. The van der Waals surface area contributed by atoms with Crippen molar-refractivity contribution in [1.82, 2.24) is 31.5 Å². The highest BCUT2D eigenvalue weighted by molar-refractivity contribution is 6.38. The van der Waals surface area contributed by atoms with Gasteiger partial charge in [-0.25, -0.2) is 4.79 Å². The highest BCUT2D eigenvalue weighted by atomic mass is 16.2. The summed E-state index contributed by atoms with van der Waals surface area (Å²) in [7, 11) is 0. The predicted octanol–water partition coefficient (Wildman–Crippen LogP) is 5.91. The van der Waals surface area contributed by atoms with E-state index in [0.717, 1.165) is 109 Å². The van der Waals surface area contributed by atoms with E-state index in [1.165, 1.54) is 6.42 Å². The van der Waals surface area contributed by atoms with E-state index in [2.05, 4.69) is 61.2 Å². The average molecular weight is 747 g/mol. The summed E-state index contributed by atoms with van der Waals surface area (Å²) in [5, 5.41) is 14.6. The second kappa shape index (κ2) is 24.4. The molecule has 1 heterocycles. The number of nitrogens with zero attached hydrogens (tertiary/aromatic N) is 1. The molecule has 3 atom stereocenters. The minimum atomic E-state index is -0.921. The Hall–Kier alpha value is -3.02. The van der Waals surface area contributed by atoms with Gasteiger partial charge in [-0.3, -0.25) is 29.3 Å². The van der Waals surface area contributed by atoms with Gasteiger partial charge in [-0.2, -0.15) is 0 Å². The number of hydrogen-bond donors (Lipinski definition) is 5. The molecule has 12 nitrogen and oxygen atoms in total. The lowest BCUT2D eigenvalue weighted by Gasteiger charge is -2.38. The van der Waals surface area contributed by atoms with Crippen LogP contribution in [0.5, 0.6) is 0 Å². The SMILES string of the molecule is CC(=O)C(NC(=O)NC(CN1CCCCC1=O)C(C)(C)C)C1CCCCC1.CCCCC(CCCC)C(=O)NC(NC1CCC1)C(=O)C(=O)NCCC. The number of urea groups is 1. The standard InChI is InChI=1S/C21H37N3O3.C20H37N3O3/c1-15(25)19(16-10-6-5-7-11-16)23-20(27)22-17(21(2,3)4)14-24-13-9-8-12-18(24)26;1-4-7-10-15(11-8-5-2)19(25)23-18(22-16-12-9-13-16)17(24)20(26)21-14-6-3/h16-17,19H,5-14H2,1-4H3,(H2,22,23,27);15-16,18,22H,4-14H2,1-3H3,(H,21,26)(H,23,25). The van der Waals surface area contributed by atoms with E-state index in [0.29, 0.717) is 19.5 Å². The Balaban J connectivity index is 0.000000367. The van der Waals surface area contributed by atoms with Crippen molar-refractivity contribution in [1.29, 1.82) is 0 Å². The van der Waals surface area contributed by atoms with Crippen LogP contribution in [0.15, 0.2) is 0 Å². The van der Waals surface area contributed by atoms with E-state index in [-0.39, 0.29) is 53.0 Å². The molecule has 12 heteroatoms. The molecule has 53 heavy (non-hydrogen) atoms. The zero-order valence-corrected chi connectivity index (χ0v) is 34.2. The first-order valence-electron chi connectivity index (χ1n) is 20.9. The van der Waals surface area contributed by atoms with Gasteiger partial charge in [0, 0.05) is 38.0 Å². The van der Waals surface area contributed by atoms with Gasteiger partial charge in [-0.05, 0) is 76.0 Å². The number of Topliss-reactive ketones (excluding diaryl/α,β-unsaturated/α-hetero) is 2. The molecule has 0 bridgehead atoms. The summed E-state index contributed by atoms with van der Waals surface area (Å²) in [5.41, 5.74) is -0.189. The van der Waals surface area contributed by atoms with Crippen molar-refractivity contribution in [3.63, 3.8) is 0 Å². The van der Waals surface area contributed by atoms with Crippen molar-refractivity contribution in [3.05, 3.63) is 0 Å². The Morgan fingerprint density at radius 2 is 1.43 bits per heavy atom. The summed E-state index contributed by atoms with van der Waals surface area (Å²) in [5.74, 6) is -0.991. The quantitative estimate of drug-likeness (QED) is 0.0763. The first kappa shape index (κ1) is 46.1. The summed E-state index contributed by atoms with van der Waals surface area (Å²) in [6.45, 7) is 15.6. The fourth-order valence-corrected chi connectivity index (χ4v) is 7.19. The Morgan fingerprint density at radius 3 is 1.94 bits per heavy atom. The smallest absolute Gasteiger partial charge is 0.315 e. The molecule has 5 amide bonds. The highest BCUT2D eigenvalue weighted by Gasteiger charge is 2.34. The maximum Gasteiger partial charge on any atom is 0.315 e. The topological polar surface area (TPSA) is 166 Å². The third kappa shape index (κ3) is 16.9. The minimum Gasteiger partial charge on any atom is -0.349 e. The molecule has 1 saturated heterocycles. The van der Waals surface area contributed by atoms with E-state index in [4.69, 9.17) is 0 Å². The van der Waals surface area contributed by atoms with Crippen LogP contribution in [-0.2, 0) is 24.0 Å². The van der Waals surface area contributed by atoms with Crippen molar-refractivity contribution in [2.24, 2.45) is 17.3 Å². The molecular weight excluding hydrogens is 672 g/mol. The molecule has 0 radical (unpaired) electrons. The van der Waals surface area contributed by atoms with Crippen LogP contribution in [0.3, 0.4) is 0 Å². The van der Waals surface area contributed by atoms with Gasteiger partial charge < -0.3 is 26.2 Å². The normalized spacial score (nSPS) is 18.5. The molecule has 5 N–H and O–H groups in total. The van der Waals surface area contributed by atoms with E-state index in [9.17, 15) is 28.8 Å². The van der Waals surface area contributed by atoms with E-state index in [1.807, 2.05) is 11.8 Å². The largest absolute Gasteiger partial charge is 0.349 e. The number of rotatable bonds is 20. The molecule has 2 aliphatic carbocycles. The molecule has 3 fully saturated rings. The van der Waals surface area contributed by atoms with Gasteiger partial charge in [-0.1, -0.05) is 92.9 Å². The van der Waals surface area contributed by atoms with E-state index >= 15 is 0 Å².